The third-order valence-corrected chi connectivity index (χ3v) is 8.66. The van der Waals surface area contributed by atoms with Gasteiger partial charge >= 0.3 is 0 Å². The van der Waals surface area contributed by atoms with Crippen LogP contribution in [0.3, 0.4) is 0 Å². The zero-order valence-electron chi connectivity index (χ0n) is 22.1. The molecule has 0 spiro atoms. The third-order valence-electron chi connectivity index (χ3n) is 7.96. The molecular formula is C26H39F2N5O3S. The van der Waals surface area contributed by atoms with Crippen LogP contribution in [0.25, 0.3) is 5.52 Å². The number of ether oxygens (including phenoxy) is 2. The molecular weight excluding hydrogens is 500 g/mol. The van der Waals surface area contributed by atoms with Crippen molar-refractivity contribution in [1.29, 1.82) is 0 Å². The van der Waals surface area contributed by atoms with Gasteiger partial charge in [0.2, 0.25) is 0 Å². The number of halogens is 2. The molecule has 0 aromatic carbocycles. The van der Waals surface area contributed by atoms with Gasteiger partial charge in [0.1, 0.15) is 17.5 Å². The van der Waals surface area contributed by atoms with Crippen molar-refractivity contribution in [2.75, 3.05) is 39.0 Å². The van der Waals surface area contributed by atoms with Crippen molar-refractivity contribution in [2.45, 2.75) is 87.5 Å². The number of hydrogen-bond donors (Lipinski definition) is 1. The first kappa shape index (κ1) is 27.2. The van der Waals surface area contributed by atoms with Crippen LogP contribution in [0.5, 0.6) is 0 Å². The van der Waals surface area contributed by atoms with Gasteiger partial charge in [0.15, 0.2) is 5.79 Å². The van der Waals surface area contributed by atoms with E-state index in [0.29, 0.717) is 6.54 Å². The molecule has 5 atom stereocenters. The van der Waals surface area contributed by atoms with E-state index in [9.17, 15) is 13.9 Å². The molecule has 5 heterocycles. The topological polar surface area (TPSA) is 75.4 Å². The second-order valence-electron chi connectivity index (χ2n) is 11.3. The van der Waals surface area contributed by atoms with E-state index in [-0.39, 0.29) is 31.0 Å². The van der Waals surface area contributed by atoms with Crippen LogP contribution in [0.2, 0.25) is 0 Å². The summed E-state index contributed by atoms with van der Waals surface area (Å²) in [6, 6.07) is 3.73. The van der Waals surface area contributed by atoms with Crippen LogP contribution >= 0.6 is 11.8 Å². The molecule has 1 N–H and O–H groups in total. The predicted octanol–water partition coefficient (Wildman–Crippen LogP) is 3.84. The van der Waals surface area contributed by atoms with Crippen LogP contribution in [0.15, 0.2) is 23.5 Å². The van der Waals surface area contributed by atoms with E-state index in [1.165, 1.54) is 30.9 Å². The molecule has 8 nitrogen and oxygen atoms in total. The Labute approximate surface area is 221 Å². The normalized spacial score (nSPS) is 31.2. The molecule has 5 rings (SSSR count). The minimum absolute atomic E-state index is 0.104. The number of aromatic nitrogens is 3. The maximum atomic E-state index is 14.6. The Morgan fingerprint density at radius 3 is 2.73 bits per heavy atom. The molecule has 0 radical (unpaired) electrons. The molecule has 3 fully saturated rings. The zero-order chi connectivity index (χ0) is 26.4. The molecule has 2 aromatic heterocycles. The molecule has 2 aromatic rings. The summed E-state index contributed by atoms with van der Waals surface area (Å²) in [4.78, 5) is 8.65. The predicted molar refractivity (Wildman–Crippen MR) is 138 cm³/mol. The Balaban J connectivity index is 1.37. The number of likely N-dealkylation sites (tertiary alicyclic amines) is 2. The fraction of sp³-hybridized carbons (Fsp3) is 0.769. The van der Waals surface area contributed by atoms with Crippen LogP contribution < -0.4 is 0 Å². The standard InChI is InChI=1S/C26H39F2N5O3S/c1-17-21(14-32-15-26(27,28)13-18(32)9-12-31-10-5-6-11-31)35-23(22(17)36-25(2,3)34)19-7-8-20-24(37-4)29-16-30-33(19)20/h7-8,16-18,21-23,34H,5-6,9-15H2,1-4H3/t17-,18-,21-,22-,23+/m1/s1. The van der Waals surface area contributed by atoms with Gasteiger partial charge in [-0.05, 0) is 71.1 Å². The van der Waals surface area contributed by atoms with Gasteiger partial charge in [-0.2, -0.15) is 5.10 Å². The molecule has 37 heavy (non-hydrogen) atoms. The van der Waals surface area contributed by atoms with Crippen LogP contribution in [0.1, 0.15) is 58.3 Å². The molecule has 0 bridgehead atoms. The smallest absolute Gasteiger partial charge is 0.262 e. The first-order valence-electron chi connectivity index (χ1n) is 13.3. The summed E-state index contributed by atoms with van der Waals surface area (Å²) >= 11 is 1.54. The van der Waals surface area contributed by atoms with Crippen LogP contribution in [-0.4, -0.2) is 98.4 Å². The number of rotatable bonds is 9. The lowest BCUT2D eigenvalue weighted by Gasteiger charge is -2.30. The molecule has 206 valence electrons. The number of alkyl halides is 2. The second kappa shape index (κ2) is 10.7. The first-order valence-corrected chi connectivity index (χ1v) is 14.5. The van der Waals surface area contributed by atoms with Gasteiger partial charge in [-0.3, -0.25) is 4.90 Å². The SMILES string of the molecule is CSc1ncnn2c([C@@H]3O[C@H](CN4CC(F)(F)C[C@H]4CCN4CCCC4)[C@@H](C)[C@H]3OC(C)(C)O)ccc12. The van der Waals surface area contributed by atoms with Gasteiger partial charge in [0.05, 0.1) is 30.0 Å². The molecule has 0 amide bonds. The summed E-state index contributed by atoms with van der Waals surface area (Å²) in [6.45, 7) is 8.37. The highest BCUT2D eigenvalue weighted by molar-refractivity contribution is 7.98. The van der Waals surface area contributed by atoms with Crippen LogP contribution in [-0.2, 0) is 9.47 Å². The highest BCUT2D eigenvalue weighted by atomic mass is 32.2. The summed E-state index contributed by atoms with van der Waals surface area (Å²) in [7, 11) is 0. The van der Waals surface area contributed by atoms with E-state index in [4.69, 9.17) is 9.47 Å². The summed E-state index contributed by atoms with van der Waals surface area (Å²) in [5, 5.41) is 15.8. The Hall–Kier alpha value is -1.37. The van der Waals surface area contributed by atoms with E-state index in [2.05, 4.69) is 15.0 Å². The minimum Gasteiger partial charge on any atom is -0.366 e. The largest absolute Gasteiger partial charge is 0.366 e. The van der Waals surface area contributed by atoms with Gasteiger partial charge in [0.25, 0.3) is 5.92 Å². The summed E-state index contributed by atoms with van der Waals surface area (Å²) < 4.78 is 43.7. The Kier molecular flexibility index (Phi) is 7.83. The Morgan fingerprint density at radius 2 is 2.03 bits per heavy atom. The number of fused-ring (bicyclic) bond motifs is 1. The molecule has 11 heteroatoms. The van der Waals surface area contributed by atoms with Crippen molar-refractivity contribution in [3.8, 4) is 0 Å². The van der Waals surface area contributed by atoms with Crippen molar-refractivity contribution in [2.24, 2.45) is 5.92 Å². The molecule has 3 aliphatic rings. The number of thioether (sulfide) groups is 1. The van der Waals surface area contributed by atoms with Crippen molar-refractivity contribution in [3.63, 3.8) is 0 Å². The van der Waals surface area contributed by atoms with E-state index < -0.39 is 23.9 Å². The van der Waals surface area contributed by atoms with Crippen LogP contribution in [0, 0.1) is 5.92 Å². The van der Waals surface area contributed by atoms with E-state index >= 15 is 0 Å². The lowest BCUT2D eigenvalue weighted by molar-refractivity contribution is -0.221. The molecule has 0 saturated carbocycles. The summed E-state index contributed by atoms with van der Waals surface area (Å²) in [5.74, 6) is -4.19. The Bertz CT molecular complexity index is 1070. The number of hydrogen-bond acceptors (Lipinski definition) is 8. The molecule has 3 saturated heterocycles. The third kappa shape index (κ3) is 5.96. The lowest BCUT2D eigenvalue weighted by atomic mass is 9.96. The fourth-order valence-electron chi connectivity index (χ4n) is 6.16. The highest BCUT2D eigenvalue weighted by Gasteiger charge is 2.50. The molecule has 3 aliphatic heterocycles. The van der Waals surface area contributed by atoms with E-state index in [1.807, 2.05) is 34.7 Å². The van der Waals surface area contributed by atoms with Crippen molar-refractivity contribution in [3.05, 3.63) is 24.2 Å². The fourth-order valence-corrected chi connectivity index (χ4v) is 6.68. The monoisotopic (exact) mass is 539 g/mol. The maximum Gasteiger partial charge on any atom is 0.262 e. The molecule has 0 unspecified atom stereocenters. The summed E-state index contributed by atoms with van der Waals surface area (Å²) in [6.07, 6.45) is 5.19. The van der Waals surface area contributed by atoms with Crippen molar-refractivity contribution in [1.82, 2.24) is 24.4 Å². The van der Waals surface area contributed by atoms with Gasteiger partial charge in [-0.1, -0.05) is 6.92 Å². The van der Waals surface area contributed by atoms with Gasteiger partial charge in [0, 0.05) is 24.9 Å². The maximum absolute atomic E-state index is 14.6. The van der Waals surface area contributed by atoms with E-state index in [1.54, 1.807) is 13.8 Å². The first-order chi connectivity index (χ1) is 17.5. The van der Waals surface area contributed by atoms with Crippen molar-refractivity contribution < 1.29 is 23.4 Å². The van der Waals surface area contributed by atoms with Crippen LogP contribution in [0.4, 0.5) is 8.78 Å². The number of aliphatic hydroxyl groups is 1. The van der Waals surface area contributed by atoms with Gasteiger partial charge in [-0.25, -0.2) is 18.3 Å². The lowest BCUT2D eigenvalue weighted by Crippen LogP contribution is -2.41. The quantitative estimate of drug-likeness (QED) is 0.381. The zero-order valence-corrected chi connectivity index (χ0v) is 23.0. The average molecular weight is 540 g/mol. The summed E-state index contributed by atoms with van der Waals surface area (Å²) in [5.41, 5.74) is 1.67. The van der Waals surface area contributed by atoms with Gasteiger partial charge in [-0.15, -0.1) is 11.8 Å². The minimum atomic E-state index is -2.69. The second-order valence-corrected chi connectivity index (χ2v) is 12.1. The average Bonchev–Trinajstić information content (AvgIpc) is 3.60. The Morgan fingerprint density at radius 1 is 1.27 bits per heavy atom. The number of nitrogens with zero attached hydrogens (tertiary/aromatic N) is 5. The van der Waals surface area contributed by atoms with Gasteiger partial charge < -0.3 is 19.5 Å². The molecule has 0 aliphatic carbocycles. The van der Waals surface area contributed by atoms with Crippen molar-refractivity contribution >= 4 is 17.3 Å². The van der Waals surface area contributed by atoms with E-state index in [0.717, 1.165) is 42.3 Å². The highest BCUT2D eigenvalue weighted by Crippen LogP contribution is 2.43.